The number of aromatic nitrogens is 1. The van der Waals surface area contributed by atoms with Gasteiger partial charge in [-0.2, -0.15) is 0 Å². The molecule has 5 nitrogen and oxygen atoms in total. The molecule has 0 radical (unpaired) electrons. The Kier molecular flexibility index (Phi) is 5.59. The van der Waals surface area contributed by atoms with E-state index in [-0.39, 0.29) is 0 Å². The molecule has 0 aromatic carbocycles. The van der Waals surface area contributed by atoms with Crippen molar-refractivity contribution in [3.8, 4) is 0 Å². The summed E-state index contributed by atoms with van der Waals surface area (Å²) >= 11 is 0. The number of aryl methyl sites for hydroxylation is 1. The third-order valence-electron chi connectivity index (χ3n) is 3.11. The molecule has 0 unspecified atom stereocenters. The molecule has 0 bridgehead atoms. The summed E-state index contributed by atoms with van der Waals surface area (Å²) in [6.07, 6.45) is 0. The Labute approximate surface area is 126 Å². The molecule has 0 aliphatic carbocycles. The van der Waals surface area contributed by atoms with E-state index in [0.29, 0.717) is 5.92 Å². The molecule has 0 amide bonds. The summed E-state index contributed by atoms with van der Waals surface area (Å²) < 4.78 is 10.9. The minimum atomic E-state index is 0.638. The molecule has 0 spiro atoms. The van der Waals surface area contributed by atoms with E-state index in [4.69, 9.17) is 8.94 Å². The average molecular weight is 291 g/mol. The van der Waals surface area contributed by atoms with E-state index in [2.05, 4.69) is 29.2 Å². The quantitative estimate of drug-likeness (QED) is 0.810. The van der Waals surface area contributed by atoms with Gasteiger partial charge in [0.25, 0.3) is 0 Å². The first-order valence-corrected chi connectivity index (χ1v) is 7.42. The highest BCUT2D eigenvalue weighted by atomic mass is 16.5. The van der Waals surface area contributed by atoms with Crippen LogP contribution in [0.4, 0.5) is 0 Å². The molecule has 0 aliphatic rings. The van der Waals surface area contributed by atoms with Crippen LogP contribution in [0.25, 0.3) is 0 Å². The minimum Gasteiger partial charge on any atom is -0.465 e. The summed E-state index contributed by atoms with van der Waals surface area (Å²) in [4.78, 5) is 2.14. The second-order valence-electron chi connectivity index (χ2n) is 5.99. The summed E-state index contributed by atoms with van der Waals surface area (Å²) in [7, 11) is 2.04. The number of rotatable bonds is 8. The van der Waals surface area contributed by atoms with Gasteiger partial charge in [0, 0.05) is 12.6 Å². The van der Waals surface area contributed by atoms with E-state index < -0.39 is 0 Å². The SMILES string of the molecule is Cc1ccc(CN(C)Cc2cc(CNCC(C)C)no2)o1. The van der Waals surface area contributed by atoms with Crippen LogP contribution >= 0.6 is 0 Å². The second kappa shape index (κ2) is 7.43. The zero-order chi connectivity index (χ0) is 15.2. The predicted octanol–water partition coefficient (Wildman–Crippen LogP) is 2.95. The van der Waals surface area contributed by atoms with Gasteiger partial charge in [-0.15, -0.1) is 0 Å². The summed E-state index contributed by atoms with van der Waals surface area (Å²) in [5.74, 6) is 3.42. The van der Waals surface area contributed by atoms with Crippen molar-refractivity contribution in [2.24, 2.45) is 5.92 Å². The van der Waals surface area contributed by atoms with Crippen LogP contribution in [-0.4, -0.2) is 23.6 Å². The van der Waals surface area contributed by atoms with Gasteiger partial charge in [0.1, 0.15) is 11.5 Å². The van der Waals surface area contributed by atoms with Crippen molar-refractivity contribution in [3.63, 3.8) is 0 Å². The number of hydrogen-bond acceptors (Lipinski definition) is 5. The largest absolute Gasteiger partial charge is 0.465 e. The van der Waals surface area contributed by atoms with Gasteiger partial charge in [-0.1, -0.05) is 19.0 Å². The van der Waals surface area contributed by atoms with Gasteiger partial charge in [-0.05, 0) is 38.6 Å². The maximum absolute atomic E-state index is 5.57. The van der Waals surface area contributed by atoms with E-state index in [1.165, 1.54) is 0 Å². The summed E-state index contributed by atoms with van der Waals surface area (Å²) in [6.45, 7) is 9.55. The Bertz CT molecular complexity index is 545. The van der Waals surface area contributed by atoms with Crippen LogP contribution in [0.5, 0.6) is 0 Å². The second-order valence-corrected chi connectivity index (χ2v) is 5.99. The Morgan fingerprint density at radius 1 is 1.24 bits per heavy atom. The number of furan rings is 1. The van der Waals surface area contributed by atoms with E-state index in [9.17, 15) is 0 Å². The van der Waals surface area contributed by atoms with Crippen molar-refractivity contribution in [2.45, 2.75) is 40.4 Å². The fraction of sp³-hybridized carbons (Fsp3) is 0.562. The van der Waals surface area contributed by atoms with Crippen LogP contribution < -0.4 is 5.32 Å². The highest BCUT2D eigenvalue weighted by Gasteiger charge is 2.09. The number of hydrogen-bond donors (Lipinski definition) is 1. The van der Waals surface area contributed by atoms with Crippen LogP contribution in [-0.2, 0) is 19.6 Å². The highest BCUT2D eigenvalue weighted by molar-refractivity contribution is 5.07. The van der Waals surface area contributed by atoms with Gasteiger partial charge in [-0.25, -0.2) is 0 Å². The van der Waals surface area contributed by atoms with Crippen LogP contribution in [0.2, 0.25) is 0 Å². The van der Waals surface area contributed by atoms with Crippen LogP contribution in [0.15, 0.2) is 27.1 Å². The molecule has 1 N–H and O–H groups in total. The Balaban J connectivity index is 1.78. The molecule has 2 rings (SSSR count). The third kappa shape index (κ3) is 5.36. The van der Waals surface area contributed by atoms with Gasteiger partial charge >= 0.3 is 0 Å². The van der Waals surface area contributed by atoms with Gasteiger partial charge in [-0.3, -0.25) is 4.90 Å². The lowest BCUT2D eigenvalue weighted by Crippen LogP contribution is -2.19. The summed E-state index contributed by atoms with van der Waals surface area (Å²) in [5.41, 5.74) is 0.952. The van der Waals surface area contributed by atoms with E-state index >= 15 is 0 Å². The van der Waals surface area contributed by atoms with Crippen molar-refractivity contribution in [2.75, 3.05) is 13.6 Å². The molecule has 0 saturated heterocycles. The lowest BCUT2D eigenvalue weighted by molar-refractivity contribution is 0.247. The van der Waals surface area contributed by atoms with Crippen molar-refractivity contribution in [3.05, 3.63) is 41.2 Å². The maximum atomic E-state index is 5.57. The first-order chi connectivity index (χ1) is 10.0. The molecule has 2 aromatic heterocycles. The topological polar surface area (TPSA) is 54.4 Å². The van der Waals surface area contributed by atoms with E-state index in [1.54, 1.807) is 0 Å². The van der Waals surface area contributed by atoms with Crippen molar-refractivity contribution < 1.29 is 8.94 Å². The van der Waals surface area contributed by atoms with Crippen molar-refractivity contribution in [1.82, 2.24) is 15.4 Å². The average Bonchev–Trinajstić information content (AvgIpc) is 2.98. The first kappa shape index (κ1) is 15.8. The maximum Gasteiger partial charge on any atom is 0.151 e. The number of nitrogens with one attached hydrogen (secondary N) is 1. The molecular weight excluding hydrogens is 266 g/mol. The van der Waals surface area contributed by atoms with Crippen molar-refractivity contribution in [1.29, 1.82) is 0 Å². The van der Waals surface area contributed by atoms with Crippen LogP contribution in [0.1, 0.15) is 36.8 Å². The standard InChI is InChI=1S/C16H25N3O2/c1-12(2)8-17-9-14-7-16(21-18-14)11-19(4)10-15-6-5-13(3)20-15/h5-7,12,17H,8-11H2,1-4H3. The molecule has 0 fully saturated rings. The first-order valence-electron chi connectivity index (χ1n) is 7.42. The Morgan fingerprint density at radius 3 is 2.67 bits per heavy atom. The molecule has 0 saturated carbocycles. The smallest absolute Gasteiger partial charge is 0.151 e. The normalized spacial score (nSPS) is 11.7. The summed E-state index contributed by atoms with van der Waals surface area (Å²) in [5, 5.41) is 7.45. The minimum absolute atomic E-state index is 0.638. The van der Waals surface area contributed by atoms with Gasteiger partial charge in [0.15, 0.2) is 5.76 Å². The summed E-state index contributed by atoms with van der Waals surface area (Å²) in [6, 6.07) is 6.00. The fourth-order valence-electron chi connectivity index (χ4n) is 2.16. The molecule has 21 heavy (non-hydrogen) atoms. The lowest BCUT2D eigenvalue weighted by Gasteiger charge is -2.12. The molecule has 2 heterocycles. The Hall–Kier alpha value is -1.59. The zero-order valence-electron chi connectivity index (χ0n) is 13.3. The molecule has 0 aliphatic heterocycles. The van der Waals surface area contributed by atoms with Crippen LogP contribution in [0.3, 0.4) is 0 Å². The van der Waals surface area contributed by atoms with Crippen molar-refractivity contribution >= 4 is 0 Å². The Morgan fingerprint density at radius 2 is 2.00 bits per heavy atom. The molecule has 0 atom stereocenters. The monoisotopic (exact) mass is 291 g/mol. The number of nitrogens with zero attached hydrogens (tertiary/aromatic N) is 2. The molecule has 116 valence electrons. The molecule has 2 aromatic rings. The third-order valence-corrected chi connectivity index (χ3v) is 3.11. The highest BCUT2D eigenvalue weighted by Crippen LogP contribution is 2.12. The predicted molar refractivity (Wildman–Crippen MR) is 81.7 cm³/mol. The van der Waals surface area contributed by atoms with Gasteiger partial charge < -0.3 is 14.3 Å². The molecule has 5 heteroatoms. The fourth-order valence-corrected chi connectivity index (χ4v) is 2.16. The zero-order valence-corrected chi connectivity index (χ0v) is 13.3. The van der Waals surface area contributed by atoms with Crippen LogP contribution in [0, 0.1) is 12.8 Å². The van der Waals surface area contributed by atoms with E-state index in [1.807, 2.05) is 32.2 Å². The lowest BCUT2D eigenvalue weighted by atomic mass is 10.2. The van der Waals surface area contributed by atoms with E-state index in [0.717, 1.165) is 49.2 Å². The molecular formula is C16H25N3O2. The van der Waals surface area contributed by atoms with Gasteiger partial charge in [0.05, 0.1) is 18.8 Å². The van der Waals surface area contributed by atoms with Gasteiger partial charge in [0.2, 0.25) is 0 Å².